The quantitative estimate of drug-likeness (QED) is 0.729. The van der Waals surface area contributed by atoms with Crippen molar-refractivity contribution in [1.82, 2.24) is 15.5 Å². The first-order valence-corrected chi connectivity index (χ1v) is 6.15. The first kappa shape index (κ1) is 13.1. The van der Waals surface area contributed by atoms with Crippen molar-refractivity contribution in [2.45, 2.75) is 26.3 Å². The molecule has 1 atom stereocenters. The van der Waals surface area contributed by atoms with Crippen LogP contribution in [0.1, 0.15) is 20.3 Å². The zero-order valence-corrected chi connectivity index (χ0v) is 10.9. The Balaban J connectivity index is 2.03. The number of hydrogen-bond acceptors (Lipinski definition) is 3. The fourth-order valence-electron chi connectivity index (χ4n) is 1.59. The minimum absolute atomic E-state index is 0.0201. The van der Waals surface area contributed by atoms with Gasteiger partial charge in [0.2, 0.25) is 0 Å². The maximum atomic E-state index is 11.7. The van der Waals surface area contributed by atoms with Crippen LogP contribution in [-0.2, 0) is 9.59 Å². The molecule has 2 amide bonds. The van der Waals surface area contributed by atoms with Gasteiger partial charge in [-0.1, -0.05) is 6.92 Å². The zero-order valence-electron chi connectivity index (χ0n) is 10.9. The van der Waals surface area contributed by atoms with E-state index in [0.29, 0.717) is 5.69 Å². The van der Waals surface area contributed by atoms with Crippen molar-refractivity contribution >= 4 is 28.4 Å². The molecular formula is C13H16N4O2. The lowest BCUT2D eigenvalue weighted by molar-refractivity contribution is -0.136. The summed E-state index contributed by atoms with van der Waals surface area (Å²) in [4.78, 5) is 23.3. The van der Waals surface area contributed by atoms with Gasteiger partial charge in [-0.25, -0.2) is 0 Å². The second kappa shape index (κ2) is 5.51. The molecule has 1 aromatic carbocycles. The summed E-state index contributed by atoms with van der Waals surface area (Å²) in [6, 6.07) is 5.26. The molecule has 6 nitrogen and oxygen atoms in total. The van der Waals surface area contributed by atoms with E-state index >= 15 is 0 Å². The molecule has 0 fully saturated rings. The molecule has 3 N–H and O–H groups in total. The molecule has 0 bridgehead atoms. The predicted octanol–water partition coefficient (Wildman–Crippen LogP) is 1.42. The summed E-state index contributed by atoms with van der Waals surface area (Å²) in [6.45, 7) is 3.79. The lowest BCUT2D eigenvalue weighted by Gasteiger charge is -2.11. The number of nitrogens with one attached hydrogen (secondary N) is 3. The molecule has 0 spiro atoms. The number of carbonyl (C=O) groups is 2. The highest BCUT2D eigenvalue weighted by atomic mass is 16.2. The Kier molecular flexibility index (Phi) is 3.79. The van der Waals surface area contributed by atoms with E-state index in [1.54, 1.807) is 18.3 Å². The highest BCUT2D eigenvalue weighted by molar-refractivity contribution is 6.39. The number of anilines is 1. The summed E-state index contributed by atoms with van der Waals surface area (Å²) in [5, 5.41) is 12.8. The number of H-pyrrole nitrogens is 1. The lowest BCUT2D eigenvalue weighted by Crippen LogP contribution is -2.40. The van der Waals surface area contributed by atoms with Crippen molar-refractivity contribution in [1.29, 1.82) is 0 Å². The smallest absolute Gasteiger partial charge is 0.313 e. The largest absolute Gasteiger partial charge is 0.345 e. The van der Waals surface area contributed by atoms with Gasteiger partial charge in [-0.2, -0.15) is 5.10 Å². The van der Waals surface area contributed by atoms with E-state index in [-0.39, 0.29) is 6.04 Å². The molecule has 0 saturated heterocycles. The van der Waals surface area contributed by atoms with Crippen molar-refractivity contribution in [2.24, 2.45) is 0 Å². The van der Waals surface area contributed by atoms with Crippen LogP contribution in [0.2, 0.25) is 0 Å². The molecular weight excluding hydrogens is 244 g/mol. The number of amides is 2. The monoisotopic (exact) mass is 260 g/mol. The van der Waals surface area contributed by atoms with Crippen molar-refractivity contribution in [3.05, 3.63) is 24.4 Å². The molecule has 1 aromatic heterocycles. The number of aromatic amines is 1. The summed E-state index contributed by atoms with van der Waals surface area (Å²) in [7, 11) is 0. The van der Waals surface area contributed by atoms with Gasteiger partial charge < -0.3 is 10.6 Å². The number of aromatic nitrogens is 2. The minimum atomic E-state index is -0.667. The second-order valence-electron chi connectivity index (χ2n) is 4.41. The van der Waals surface area contributed by atoms with Crippen molar-refractivity contribution in [3.8, 4) is 0 Å². The van der Waals surface area contributed by atoms with E-state index < -0.39 is 11.8 Å². The van der Waals surface area contributed by atoms with E-state index in [4.69, 9.17) is 0 Å². The van der Waals surface area contributed by atoms with E-state index in [1.807, 2.05) is 19.9 Å². The standard InChI is InChI=1S/C13H16N4O2/c1-3-8(2)15-12(18)13(19)16-10-5-4-9-7-14-17-11(9)6-10/h4-8H,3H2,1-2H3,(H,14,17)(H,15,18)(H,16,19). The fraction of sp³-hybridized carbons (Fsp3) is 0.308. The third-order valence-corrected chi connectivity index (χ3v) is 2.90. The highest BCUT2D eigenvalue weighted by Gasteiger charge is 2.15. The Morgan fingerprint density at radius 3 is 2.89 bits per heavy atom. The van der Waals surface area contributed by atoms with E-state index in [2.05, 4.69) is 20.8 Å². The molecule has 6 heteroatoms. The number of rotatable bonds is 3. The molecule has 0 aliphatic heterocycles. The van der Waals surface area contributed by atoms with Gasteiger partial charge in [0.15, 0.2) is 0 Å². The average molecular weight is 260 g/mol. The maximum Gasteiger partial charge on any atom is 0.313 e. The van der Waals surface area contributed by atoms with Gasteiger partial charge in [0.25, 0.3) is 0 Å². The molecule has 2 aromatic rings. The lowest BCUT2D eigenvalue weighted by atomic mass is 10.2. The van der Waals surface area contributed by atoms with Crippen LogP contribution < -0.4 is 10.6 Å². The van der Waals surface area contributed by atoms with E-state index in [0.717, 1.165) is 17.3 Å². The number of benzene rings is 1. The Morgan fingerprint density at radius 2 is 2.16 bits per heavy atom. The van der Waals surface area contributed by atoms with Gasteiger partial charge in [0.1, 0.15) is 0 Å². The average Bonchev–Trinajstić information content (AvgIpc) is 2.85. The van der Waals surface area contributed by atoms with Crippen LogP contribution in [0.4, 0.5) is 5.69 Å². The third kappa shape index (κ3) is 3.09. The molecule has 0 aliphatic carbocycles. The summed E-state index contributed by atoms with van der Waals surface area (Å²) < 4.78 is 0. The summed E-state index contributed by atoms with van der Waals surface area (Å²) in [5.41, 5.74) is 1.36. The van der Waals surface area contributed by atoms with E-state index in [9.17, 15) is 9.59 Å². The fourth-order valence-corrected chi connectivity index (χ4v) is 1.59. The van der Waals surface area contributed by atoms with Crippen LogP contribution >= 0.6 is 0 Å². The molecule has 1 heterocycles. The first-order valence-electron chi connectivity index (χ1n) is 6.15. The normalized spacial score (nSPS) is 12.1. The SMILES string of the molecule is CCC(C)NC(=O)C(=O)Nc1ccc2cn[nH]c2c1. The summed E-state index contributed by atoms with van der Waals surface area (Å²) in [5.74, 6) is -1.29. The number of carbonyl (C=O) groups excluding carboxylic acids is 2. The van der Waals surface area contributed by atoms with Crippen molar-refractivity contribution in [2.75, 3.05) is 5.32 Å². The predicted molar refractivity (Wildman–Crippen MR) is 72.6 cm³/mol. The molecule has 19 heavy (non-hydrogen) atoms. The van der Waals surface area contributed by atoms with Crippen LogP contribution in [0, 0.1) is 0 Å². The number of hydrogen-bond donors (Lipinski definition) is 3. The van der Waals surface area contributed by atoms with Crippen molar-refractivity contribution in [3.63, 3.8) is 0 Å². The Morgan fingerprint density at radius 1 is 1.37 bits per heavy atom. The van der Waals surface area contributed by atoms with Gasteiger partial charge >= 0.3 is 11.8 Å². The number of fused-ring (bicyclic) bond motifs is 1. The Hall–Kier alpha value is -2.37. The van der Waals surface area contributed by atoms with Gasteiger partial charge in [0, 0.05) is 17.1 Å². The van der Waals surface area contributed by atoms with Crippen LogP contribution in [0.5, 0.6) is 0 Å². The van der Waals surface area contributed by atoms with Gasteiger partial charge in [0.05, 0.1) is 11.7 Å². The maximum absolute atomic E-state index is 11.7. The highest BCUT2D eigenvalue weighted by Crippen LogP contribution is 2.16. The van der Waals surface area contributed by atoms with Crippen LogP contribution in [0.25, 0.3) is 10.9 Å². The molecule has 0 radical (unpaired) electrons. The Bertz CT molecular complexity index is 605. The minimum Gasteiger partial charge on any atom is -0.345 e. The number of nitrogens with zero attached hydrogens (tertiary/aromatic N) is 1. The van der Waals surface area contributed by atoms with Gasteiger partial charge in [-0.3, -0.25) is 14.7 Å². The van der Waals surface area contributed by atoms with Crippen LogP contribution in [0.15, 0.2) is 24.4 Å². The molecule has 100 valence electrons. The van der Waals surface area contributed by atoms with Crippen molar-refractivity contribution < 1.29 is 9.59 Å². The first-order chi connectivity index (χ1) is 9.10. The molecule has 0 saturated carbocycles. The summed E-state index contributed by atoms with van der Waals surface area (Å²) in [6.07, 6.45) is 2.47. The van der Waals surface area contributed by atoms with E-state index in [1.165, 1.54) is 0 Å². The molecule has 1 unspecified atom stereocenters. The molecule has 0 aliphatic rings. The second-order valence-corrected chi connectivity index (χ2v) is 4.41. The Labute approximate surface area is 110 Å². The van der Waals surface area contributed by atoms with Gasteiger partial charge in [-0.05, 0) is 31.5 Å². The summed E-state index contributed by atoms with van der Waals surface area (Å²) >= 11 is 0. The molecule has 2 rings (SSSR count). The van der Waals surface area contributed by atoms with Crippen LogP contribution in [-0.4, -0.2) is 28.1 Å². The van der Waals surface area contributed by atoms with Gasteiger partial charge in [-0.15, -0.1) is 0 Å². The third-order valence-electron chi connectivity index (χ3n) is 2.90. The topological polar surface area (TPSA) is 86.9 Å². The van der Waals surface area contributed by atoms with Crippen LogP contribution in [0.3, 0.4) is 0 Å². The zero-order chi connectivity index (χ0) is 13.8.